The molecule has 1 aliphatic rings. The molecule has 1 aromatic heterocycles. The Morgan fingerprint density at radius 2 is 1.88 bits per heavy atom. The number of nitriles is 2. The van der Waals surface area contributed by atoms with Gasteiger partial charge in [-0.05, 0) is 52.7 Å². The summed E-state index contributed by atoms with van der Waals surface area (Å²) in [6.07, 6.45) is 0.236. The van der Waals surface area contributed by atoms with E-state index in [1.54, 1.807) is 25.2 Å². The highest BCUT2D eigenvalue weighted by Gasteiger charge is 2.39. The molecule has 6 nitrogen and oxygen atoms in total. The maximum absolute atomic E-state index is 12.2. The molecule has 2 heterocycles. The summed E-state index contributed by atoms with van der Waals surface area (Å²) >= 11 is 5.02. The molecule has 0 spiro atoms. The highest BCUT2D eigenvalue weighted by molar-refractivity contribution is 9.11. The average molecular weight is 428 g/mol. The van der Waals surface area contributed by atoms with Crippen molar-refractivity contribution in [2.45, 2.75) is 18.9 Å². The van der Waals surface area contributed by atoms with Crippen LogP contribution in [-0.4, -0.2) is 23.8 Å². The van der Waals surface area contributed by atoms with Gasteiger partial charge in [0.1, 0.15) is 0 Å². The average Bonchev–Trinajstić information content (AvgIpc) is 3.01. The zero-order valence-corrected chi connectivity index (χ0v) is 16.5. The Kier molecular flexibility index (Phi) is 4.57. The fourth-order valence-electron chi connectivity index (χ4n) is 2.83. The van der Waals surface area contributed by atoms with E-state index in [1.165, 1.54) is 16.2 Å². The Morgan fingerprint density at radius 3 is 2.42 bits per heavy atom. The quantitative estimate of drug-likeness (QED) is 0.764. The number of carbonyl (C=O) groups is 1. The van der Waals surface area contributed by atoms with Crippen molar-refractivity contribution in [1.29, 1.82) is 15.9 Å². The molecule has 0 radical (unpaired) electrons. The SMILES string of the molecule is CN1C(=N)N[C@](C)(c2cc(-c3cc(C#N)cc(C#N)c3)c(Br)s2)CC1=O. The van der Waals surface area contributed by atoms with Gasteiger partial charge in [-0.3, -0.25) is 15.1 Å². The van der Waals surface area contributed by atoms with Crippen molar-refractivity contribution in [3.8, 4) is 23.3 Å². The molecule has 0 saturated carbocycles. The summed E-state index contributed by atoms with van der Waals surface area (Å²) in [7, 11) is 1.57. The summed E-state index contributed by atoms with van der Waals surface area (Å²) in [5.74, 6) is -0.0614. The third kappa shape index (κ3) is 3.10. The van der Waals surface area contributed by atoms with Gasteiger partial charge in [0.15, 0.2) is 5.96 Å². The van der Waals surface area contributed by atoms with E-state index in [-0.39, 0.29) is 18.3 Å². The number of thiophene rings is 1. The van der Waals surface area contributed by atoms with E-state index in [9.17, 15) is 15.3 Å². The zero-order valence-electron chi connectivity index (χ0n) is 14.1. The van der Waals surface area contributed by atoms with Crippen molar-refractivity contribution in [3.63, 3.8) is 0 Å². The summed E-state index contributed by atoms with van der Waals surface area (Å²) in [5, 5.41) is 29.4. The molecule has 130 valence electrons. The number of amides is 1. The lowest BCUT2D eigenvalue weighted by molar-refractivity contribution is -0.129. The Bertz CT molecular complexity index is 963. The van der Waals surface area contributed by atoms with Gasteiger partial charge in [-0.1, -0.05) is 0 Å². The number of benzene rings is 1. The smallest absolute Gasteiger partial charge is 0.231 e. The summed E-state index contributed by atoms with van der Waals surface area (Å²) in [6.45, 7) is 1.89. The Hall–Kier alpha value is -2.68. The number of halogens is 1. The van der Waals surface area contributed by atoms with Crippen LogP contribution < -0.4 is 5.32 Å². The number of nitrogens with one attached hydrogen (secondary N) is 2. The summed E-state index contributed by atoms with van der Waals surface area (Å²) in [6, 6.07) is 11.1. The van der Waals surface area contributed by atoms with Gasteiger partial charge in [-0.15, -0.1) is 11.3 Å². The van der Waals surface area contributed by atoms with Gasteiger partial charge >= 0.3 is 0 Å². The minimum absolute atomic E-state index is 0.0630. The molecule has 26 heavy (non-hydrogen) atoms. The number of nitrogens with zero attached hydrogens (tertiary/aromatic N) is 3. The van der Waals surface area contributed by atoms with E-state index in [2.05, 4.69) is 33.4 Å². The van der Waals surface area contributed by atoms with Crippen LogP contribution in [0.15, 0.2) is 28.1 Å². The van der Waals surface area contributed by atoms with E-state index >= 15 is 0 Å². The first-order valence-electron chi connectivity index (χ1n) is 7.66. The van der Waals surface area contributed by atoms with Crippen LogP contribution in [0.25, 0.3) is 11.1 Å². The van der Waals surface area contributed by atoms with Crippen molar-refractivity contribution in [3.05, 3.63) is 44.1 Å². The molecule has 2 aromatic rings. The summed E-state index contributed by atoms with van der Waals surface area (Å²) in [4.78, 5) is 14.4. The zero-order chi connectivity index (χ0) is 19.1. The van der Waals surface area contributed by atoms with Crippen LogP contribution in [-0.2, 0) is 10.3 Å². The van der Waals surface area contributed by atoms with Gasteiger partial charge < -0.3 is 5.32 Å². The lowest BCUT2D eigenvalue weighted by Crippen LogP contribution is -2.57. The van der Waals surface area contributed by atoms with Crippen molar-refractivity contribution in [2.24, 2.45) is 0 Å². The number of hydrogen-bond acceptors (Lipinski definition) is 5. The monoisotopic (exact) mass is 427 g/mol. The van der Waals surface area contributed by atoms with Crippen molar-refractivity contribution in [2.75, 3.05) is 7.05 Å². The molecule has 3 rings (SSSR count). The van der Waals surface area contributed by atoms with Gasteiger partial charge in [0.2, 0.25) is 5.91 Å². The van der Waals surface area contributed by atoms with E-state index in [0.29, 0.717) is 11.1 Å². The van der Waals surface area contributed by atoms with Gasteiger partial charge in [0, 0.05) is 17.5 Å². The molecule has 1 fully saturated rings. The number of carbonyl (C=O) groups excluding carboxylic acids is 1. The molecule has 1 saturated heterocycles. The molecule has 1 aliphatic heterocycles. The normalized spacial score (nSPS) is 19.7. The van der Waals surface area contributed by atoms with Crippen LogP contribution in [0.5, 0.6) is 0 Å². The van der Waals surface area contributed by atoms with Gasteiger partial charge in [-0.25, -0.2) is 0 Å². The van der Waals surface area contributed by atoms with Gasteiger partial charge in [-0.2, -0.15) is 10.5 Å². The number of hydrogen-bond donors (Lipinski definition) is 2. The maximum Gasteiger partial charge on any atom is 0.231 e. The Balaban J connectivity index is 2.06. The first-order chi connectivity index (χ1) is 12.3. The van der Waals surface area contributed by atoms with Crippen LogP contribution in [0.1, 0.15) is 29.3 Å². The van der Waals surface area contributed by atoms with Gasteiger partial charge in [0.25, 0.3) is 0 Å². The van der Waals surface area contributed by atoms with Crippen molar-refractivity contribution >= 4 is 39.1 Å². The number of guanidine groups is 1. The highest BCUT2D eigenvalue weighted by atomic mass is 79.9. The molecule has 0 aliphatic carbocycles. The molecule has 8 heteroatoms. The second kappa shape index (κ2) is 6.56. The first-order valence-corrected chi connectivity index (χ1v) is 9.27. The molecule has 0 bridgehead atoms. The highest BCUT2D eigenvalue weighted by Crippen LogP contribution is 2.42. The summed E-state index contributed by atoms with van der Waals surface area (Å²) < 4.78 is 0.840. The van der Waals surface area contributed by atoms with E-state index in [0.717, 1.165) is 19.8 Å². The van der Waals surface area contributed by atoms with E-state index < -0.39 is 5.54 Å². The standard InChI is InChI=1S/C18H14BrN5OS/c1-18(7-15(25)24(2)17(22)23-18)14-6-13(16(19)26-14)12-4-10(8-20)3-11(5-12)9-21/h3-6H,7H2,1-2H3,(H2,22,23)/t18-/m0/s1. The first kappa shape index (κ1) is 18.1. The molecular weight excluding hydrogens is 414 g/mol. The van der Waals surface area contributed by atoms with Crippen LogP contribution in [0.2, 0.25) is 0 Å². The lowest BCUT2D eigenvalue weighted by Gasteiger charge is -2.38. The third-order valence-corrected chi connectivity index (χ3v) is 6.44. The maximum atomic E-state index is 12.2. The fraction of sp³-hybridized carbons (Fsp3) is 0.222. The van der Waals surface area contributed by atoms with Crippen LogP contribution >= 0.6 is 27.3 Å². The summed E-state index contributed by atoms with van der Waals surface area (Å²) in [5.41, 5.74) is 1.75. The minimum atomic E-state index is -0.684. The topological polar surface area (TPSA) is 104 Å². The molecule has 1 aromatic carbocycles. The van der Waals surface area contributed by atoms with Crippen molar-refractivity contribution < 1.29 is 4.79 Å². The molecule has 0 unspecified atom stereocenters. The minimum Gasteiger partial charge on any atom is -0.345 e. The van der Waals surface area contributed by atoms with Gasteiger partial charge in [0.05, 0.1) is 39.0 Å². The Morgan fingerprint density at radius 1 is 1.27 bits per heavy atom. The molecule has 2 N–H and O–H groups in total. The second-order valence-electron chi connectivity index (χ2n) is 6.26. The molecular formula is C18H14BrN5OS. The van der Waals surface area contributed by atoms with E-state index in [1.807, 2.05) is 13.0 Å². The van der Waals surface area contributed by atoms with E-state index in [4.69, 9.17) is 5.41 Å². The van der Waals surface area contributed by atoms with Crippen molar-refractivity contribution in [1.82, 2.24) is 10.2 Å². The molecule has 1 amide bonds. The molecule has 1 atom stereocenters. The Labute approximate surface area is 163 Å². The van der Waals surface area contributed by atoms with Crippen LogP contribution in [0, 0.1) is 28.1 Å². The fourth-order valence-corrected chi connectivity index (χ4v) is 4.71. The van der Waals surface area contributed by atoms with Crippen LogP contribution in [0.4, 0.5) is 0 Å². The number of rotatable bonds is 2. The second-order valence-corrected chi connectivity index (χ2v) is 8.63. The predicted molar refractivity (Wildman–Crippen MR) is 102 cm³/mol. The lowest BCUT2D eigenvalue weighted by atomic mass is 9.92. The third-order valence-electron chi connectivity index (χ3n) is 4.34. The largest absolute Gasteiger partial charge is 0.345 e. The predicted octanol–water partition coefficient (Wildman–Crippen LogP) is 3.52. The van der Waals surface area contributed by atoms with Crippen LogP contribution in [0.3, 0.4) is 0 Å².